The Bertz CT molecular complexity index is 1920. The van der Waals surface area contributed by atoms with Gasteiger partial charge in [-0.3, -0.25) is 24.4 Å². The minimum atomic E-state index is -1.90. The second kappa shape index (κ2) is 23.4. The van der Waals surface area contributed by atoms with Gasteiger partial charge in [-0.15, -0.1) is 5.10 Å². The number of non-ortho nitro benzene ring substituents is 1. The van der Waals surface area contributed by atoms with E-state index in [9.17, 15) is 35.0 Å². The highest BCUT2D eigenvalue weighted by molar-refractivity contribution is 6.00. The highest BCUT2D eigenvalue weighted by atomic mass is 16.7. The Morgan fingerprint density at radius 2 is 1.71 bits per heavy atom. The molecule has 0 spiro atoms. The summed E-state index contributed by atoms with van der Waals surface area (Å²) in [5.74, 6) is -4.76. The van der Waals surface area contributed by atoms with Crippen molar-refractivity contribution < 1.29 is 53.6 Å². The molecular weight excluding hydrogens is 853 g/mol. The lowest BCUT2D eigenvalue weighted by molar-refractivity contribution is -0.384. The van der Waals surface area contributed by atoms with Crippen molar-refractivity contribution in [1.82, 2.24) is 19.9 Å². The molecule has 13 atom stereocenters. The number of unbranched alkanes of at least 4 members (excludes halogenated alkanes) is 1. The summed E-state index contributed by atoms with van der Waals surface area (Å²) in [5.41, 5.74) is -0.753. The summed E-state index contributed by atoms with van der Waals surface area (Å²) < 4.78 is 27.1. The number of nitro benzene ring substituents is 1. The third-order valence-corrected chi connectivity index (χ3v) is 14.4. The number of cyclic esters (lactones) is 1. The normalized spacial score (nSPS) is 34.9. The number of carbonyl (C=O) groups excluding carboxylic acids is 2. The first-order chi connectivity index (χ1) is 31.2. The number of methoxy groups -OCH3 is 1. The molecule has 18 nitrogen and oxygen atoms in total. The summed E-state index contributed by atoms with van der Waals surface area (Å²) in [5, 5.41) is 60.1. The van der Waals surface area contributed by atoms with Crippen LogP contribution in [0.4, 0.5) is 5.69 Å². The van der Waals surface area contributed by atoms with Gasteiger partial charge in [-0.25, -0.2) is 0 Å². The average molecular weight is 929 g/mol. The van der Waals surface area contributed by atoms with E-state index >= 15 is 0 Å². The van der Waals surface area contributed by atoms with Crippen LogP contribution in [0.15, 0.2) is 35.6 Å². The largest absolute Gasteiger partial charge is 0.459 e. The average Bonchev–Trinajstić information content (AvgIpc) is 4.00. The standard InChI is InChI=1S/C48H76N6O12/c1-11-39-48(8,59)43(57)31(4)40(50-66-37-17-12-13-18-37)29(2)27-47(7,62-10)44(32(5)41(55)33(6)45(58)64-39)65-46-42(56)38(26-30(3)63-46)52(9)25-23-35-28-53(51-49-35)24-15-14-16-34-19-21-36(22-20-34)54(60)61/h19-22,28-33,37-39,42-44,46,56-57,59H,11-18,23-27H2,1-10H3/b50-40+/t29-,30-,31+,32+,33-,38+,39-,42-,43-,44-,46+,47-,48-/m1/s1. The van der Waals surface area contributed by atoms with E-state index in [1.54, 1.807) is 32.9 Å². The number of aryl methyl sites for hydroxylation is 2. The molecule has 0 unspecified atom stereocenters. The van der Waals surface area contributed by atoms with Crippen molar-refractivity contribution in [2.45, 2.75) is 193 Å². The van der Waals surface area contributed by atoms with Crippen molar-refractivity contribution in [3.8, 4) is 0 Å². The quantitative estimate of drug-likeness (QED) is 0.0611. The number of nitrogens with zero attached hydrogens (tertiary/aromatic N) is 6. The Morgan fingerprint density at radius 3 is 2.35 bits per heavy atom. The summed E-state index contributed by atoms with van der Waals surface area (Å²) >= 11 is 0. The number of nitro groups is 1. The van der Waals surface area contributed by atoms with E-state index < -0.39 is 88.3 Å². The van der Waals surface area contributed by atoms with Crippen LogP contribution < -0.4 is 0 Å². The molecule has 0 bridgehead atoms. The number of hydrogen-bond donors (Lipinski definition) is 3. The van der Waals surface area contributed by atoms with E-state index in [4.69, 9.17) is 23.8 Å². The summed E-state index contributed by atoms with van der Waals surface area (Å²) in [6, 6.07) is 6.23. The number of ketones is 1. The number of aliphatic hydroxyl groups excluding tert-OH is 2. The maximum absolute atomic E-state index is 14.4. The molecule has 370 valence electrons. The summed E-state index contributed by atoms with van der Waals surface area (Å²) in [7, 11) is 3.45. The van der Waals surface area contributed by atoms with Crippen LogP contribution >= 0.6 is 0 Å². The molecule has 66 heavy (non-hydrogen) atoms. The van der Waals surface area contributed by atoms with Gasteiger partial charge in [-0.1, -0.05) is 50.2 Å². The van der Waals surface area contributed by atoms with Crippen molar-refractivity contribution in [1.29, 1.82) is 0 Å². The van der Waals surface area contributed by atoms with Gasteiger partial charge in [0.2, 0.25) is 0 Å². The number of carbonyl (C=O) groups is 2. The van der Waals surface area contributed by atoms with Crippen LogP contribution in [0.5, 0.6) is 0 Å². The van der Waals surface area contributed by atoms with Gasteiger partial charge in [0, 0.05) is 68.7 Å². The molecule has 0 radical (unpaired) electrons. The Kier molecular flexibility index (Phi) is 18.8. The maximum Gasteiger partial charge on any atom is 0.316 e. The number of rotatable bonds is 16. The summed E-state index contributed by atoms with van der Waals surface area (Å²) in [6.45, 7) is 15.0. The van der Waals surface area contributed by atoms with Crippen LogP contribution in [-0.2, 0) is 52.8 Å². The number of oxime groups is 1. The van der Waals surface area contributed by atoms with Crippen LogP contribution in [0, 0.1) is 33.8 Å². The van der Waals surface area contributed by atoms with Gasteiger partial charge in [0.15, 0.2) is 12.1 Å². The fourth-order valence-corrected chi connectivity index (χ4v) is 10.1. The van der Waals surface area contributed by atoms with E-state index in [0.717, 1.165) is 56.2 Å². The van der Waals surface area contributed by atoms with Gasteiger partial charge in [0.05, 0.1) is 40.2 Å². The number of hydrogen-bond acceptors (Lipinski definition) is 16. The predicted octanol–water partition coefficient (Wildman–Crippen LogP) is 5.60. The monoisotopic (exact) mass is 929 g/mol. The highest BCUT2D eigenvalue weighted by Gasteiger charge is 2.52. The van der Waals surface area contributed by atoms with E-state index in [1.807, 2.05) is 38.7 Å². The Labute approximate surface area is 389 Å². The predicted molar refractivity (Wildman–Crippen MR) is 245 cm³/mol. The molecule has 3 N–H and O–H groups in total. The van der Waals surface area contributed by atoms with E-state index in [0.29, 0.717) is 31.6 Å². The van der Waals surface area contributed by atoms with Gasteiger partial charge in [-0.2, -0.15) is 0 Å². The minimum absolute atomic E-state index is 0.0786. The van der Waals surface area contributed by atoms with Gasteiger partial charge in [0.25, 0.3) is 5.69 Å². The Balaban J connectivity index is 1.32. The van der Waals surface area contributed by atoms with Gasteiger partial charge < -0.3 is 44.0 Å². The number of Topliss-reactive ketones (excluding diaryl/α,β-unsaturated/α-hetero) is 1. The van der Waals surface area contributed by atoms with Crippen molar-refractivity contribution in [3.05, 3.63) is 51.8 Å². The van der Waals surface area contributed by atoms with Crippen molar-refractivity contribution in [2.75, 3.05) is 20.7 Å². The molecule has 2 saturated heterocycles. The molecule has 3 heterocycles. The molecule has 18 heteroatoms. The van der Waals surface area contributed by atoms with Crippen molar-refractivity contribution in [3.63, 3.8) is 0 Å². The molecular formula is C48H76N6O12. The number of benzene rings is 1. The highest BCUT2D eigenvalue weighted by Crippen LogP contribution is 2.39. The third-order valence-electron chi connectivity index (χ3n) is 14.4. The van der Waals surface area contributed by atoms with Crippen LogP contribution in [0.2, 0.25) is 0 Å². The smallest absolute Gasteiger partial charge is 0.316 e. The lowest BCUT2D eigenvalue weighted by Crippen LogP contribution is -2.60. The second-order valence-corrected chi connectivity index (χ2v) is 19.6. The van der Waals surface area contributed by atoms with Crippen LogP contribution in [0.3, 0.4) is 0 Å². The van der Waals surface area contributed by atoms with Gasteiger partial charge in [0.1, 0.15) is 29.8 Å². The van der Waals surface area contributed by atoms with E-state index in [2.05, 4.69) is 20.4 Å². The zero-order chi connectivity index (χ0) is 48.5. The second-order valence-electron chi connectivity index (χ2n) is 19.6. The first-order valence-electron chi connectivity index (χ1n) is 24.0. The zero-order valence-corrected chi connectivity index (χ0v) is 40.7. The lowest BCUT2D eigenvalue weighted by atomic mass is 9.74. The summed E-state index contributed by atoms with van der Waals surface area (Å²) in [6.07, 6.45) is 3.32. The number of esters is 1. The minimum Gasteiger partial charge on any atom is -0.459 e. The summed E-state index contributed by atoms with van der Waals surface area (Å²) in [4.78, 5) is 46.9. The zero-order valence-electron chi connectivity index (χ0n) is 40.7. The number of aliphatic hydroxyl groups is 3. The fraction of sp³-hybridized carbons (Fsp3) is 0.771. The van der Waals surface area contributed by atoms with Gasteiger partial charge in [-0.05, 0) is 105 Å². The van der Waals surface area contributed by atoms with Crippen LogP contribution in [0.25, 0.3) is 0 Å². The molecule has 3 fully saturated rings. The van der Waals surface area contributed by atoms with Crippen LogP contribution in [-0.4, -0.2) is 138 Å². The Hall–Kier alpha value is -3.91. The third kappa shape index (κ3) is 13.0. The number of likely N-dealkylation sites (N-methyl/N-ethyl adjacent to an activating group) is 1. The van der Waals surface area contributed by atoms with Gasteiger partial charge >= 0.3 is 5.97 Å². The van der Waals surface area contributed by atoms with Crippen LogP contribution in [0.1, 0.15) is 124 Å². The number of ether oxygens (including phenoxy) is 4. The molecule has 1 aromatic carbocycles. The van der Waals surface area contributed by atoms with E-state index in [-0.39, 0.29) is 30.7 Å². The van der Waals surface area contributed by atoms with Crippen molar-refractivity contribution in [2.24, 2.45) is 28.8 Å². The molecule has 2 aliphatic heterocycles. The molecule has 0 amide bonds. The molecule has 3 aliphatic rings. The first-order valence-corrected chi connectivity index (χ1v) is 24.0. The molecule has 1 aromatic heterocycles. The molecule has 1 aliphatic carbocycles. The SMILES string of the molecule is CC[C@H]1OC(=O)[C@H](C)C(=O)[C@H](C)[C@@H](O[C@@H]2O[C@H](C)C[C@H](N(C)CCc3cn(CCCCc4ccc([N+](=O)[O-])cc4)nn3)[C@H]2O)[C@](C)(OC)C[C@@H](C)/C(=N\OC2CCCC2)[C@H](C)[C@@H](O)[C@]1(C)O. The maximum atomic E-state index is 14.4. The Morgan fingerprint density at radius 1 is 1.03 bits per heavy atom. The number of aromatic nitrogens is 3. The first kappa shape index (κ1) is 53.1. The van der Waals surface area contributed by atoms with Crippen molar-refractivity contribution >= 4 is 23.2 Å². The molecule has 5 rings (SSSR count). The molecule has 2 aromatic rings. The molecule has 1 saturated carbocycles. The van der Waals surface area contributed by atoms with E-state index in [1.165, 1.54) is 33.1 Å². The topological polar surface area (TPSA) is 230 Å². The fourth-order valence-electron chi connectivity index (χ4n) is 10.1. The lowest BCUT2D eigenvalue weighted by Gasteiger charge is -2.47.